The molecule has 114 valence electrons. The first kappa shape index (κ1) is 14.5. The van der Waals surface area contributed by atoms with Gasteiger partial charge >= 0.3 is 0 Å². The molecule has 0 aliphatic carbocycles. The minimum atomic E-state index is 0.158. The molecule has 2 aliphatic heterocycles. The Kier molecular flexibility index (Phi) is 4.56. The van der Waals surface area contributed by atoms with E-state index in [1.54, 1.807) is 0 Å². The Morgan fingerprint density at radius 2 is 1.95 bits per heavy atom. The minimum Gasteiger partial charge on any atom is -0.354 e. The van der Waals surface area contributed by atoms with Crippen LogP contribution in [-0.4, -0.2) is 50.1 Å². The van der Waals surface area contributed by atoms with Gasteiger partial charge in [-0.1, -0.05) is 37.3 Å². The lowest BCUT2D eigenvalue weighted by molar-refractivity contribution is -0.122. The summed E-state index contributed by atoms with van der Waals surface area (Å²) in [6, 6.07) is 10.3. The molecule has 2 heterocycles. The number of nitrogens with zero attached hydrogens (tertiary/aromatic N) is 1. The quantitative estimate of drug-likeness (QED) is 0.851. The molecule has 2 aliphatic rings. The molecular weight excluding hydrogens is 262 g/mol. The van der Waals surface area contributed by atoms with Crippen LogP contribution in [0.4, 0.5) is 0 Å². The Bertz CT molecular complexity index is 464. The van der Waals surface area contributed by atoms with Gasteiger partial charge in [0, 0.05) is 19.6 Å². The van der Waals surface area contributed by atoms with E-state index < -0.39 is 0 Å². The van der Waals surface area contributed by atoms with Gasteiger partial charge in [-0.15, -0.1) is 0 Å². The number of hydrogen-bond acceptors (Lipinski definition) is 3. The Morgan fingerprint density at radius 3 is 2.62 bits per heavy atom. The van der Waals surface area contributed by atoms with Crippen LogP contribution in [0.15, 0.2) is 30.3 Å². The first-order valence-electron chi connectivity index (χ1n) is 7.97. The number of carbonyl (C=O) groups excluding carboxylic acids is 1. The molecule has 3 unspecified atom stereocenters. The van der Waals surface area contributed by atoms with Gasteiger partial charge in [0.2, 0.25) is 5.91 Å². The lowest BCUT2D eigenvalue weighted by Crippen LogP contribution is -2.38. The van der Waals surface area contributed by atoms with Crippen molar-refractivity contribution in [1.29, 1.82) is 0 Å². The Labute approximate surface area is 126 Å². The van der Waals surface area contributed by atoms with Gasteiger partial charge < -0.3 is 10.6 Å². The van der Waals surface area contributed by atoms with Gasteiger partial charge in [0.25, 0.3) is 0 Å². The van der Waals surface area contributed by atoms with E-state index >= 15 is 0 Å². The predicted octanol–water partition coefficient (Wildman–Crippen LogP) is 1.06. The fourth-order valence-electron chi connectivity index (χ4n) is 3.51. The smallest absolute Gasteiger partial charge is 0.234 e. The molecule has 1 aromatic rings. The van der Waals surface area contributed by atoms with Crippen LogP contribution < -0.4 is 10.6 Å². The van der Waals surface area contributed by atoms with Crippen molar-refractivity contribution >= 4 is 5.91 Å². The van der Waals surface area contributed by atoms with Gasteiger partial charge in [0.1, 0.15) is 0 Å². The van der Waals surface area contributed by atoms with Crippen molar-refractivity contribution in [2.75, 3.05) is 39.3 Å². The highest BCUT2D eigenvalue weighted by Gasteiger charge is 2.36. The van der Waals surface area contributed by atoms with Crippen LogP contribution in [-0.2, 0) is 4.79 Å². The van der Waals surface area contributed by atoms with Gasteiger partial charge in [0.15, 0.2) is 0 Å². The molecule has 1 amide bonds. The summed E-state index contributed by atoms with van der Waals surface area (Å²) >= 11 is 0. The summed E-state index contributed by atoms with van der Waals surface area (Å²) in [7, 11) is 0. The number of rotatable bonds is 5. The van der Waals surface area contributed by atoms with Crippen LogP contribution in [0.2, 0.25) is 0 Å². The maximum atomic E-state index is 12.1. The second kappa shape index (κ2) is 6.58. The van der Waals surface area contributed by atoms with Crippen LogP contribution >= 0.6 is 0 Å². The number of hydrogen-bond donors (Lipinski definition) is 2. The highest BCUT2D eigenvalue weighted by atomic mass is 16.2. The molecule has 4 heteroatoms. The molecule has 0 radical (unpaired) electrons. The Morgan fingerprint density at radius 1 is 1.29 bits per heavy atom. The zero-order valence-electron chi connectivity index (χ0n) is 12.7. The molecule has 0 spiro atoms. The van der Waals surface area contributed by atoms with E-state index in [4.69, 9.17) is 0 Å². The zero-order chi connectivity index (χ0) is 14.7. The van der Waals surface area contributed by atoms with E-state index in [1.165, 1.54) is 5.56 Å². The number of carbonyl (C=O) groups is 1. The third-order valence-corrected chi connectivity index (χ3v) is 4.81. The summed E-state index contributed by atoms with van der Waals surface area (Å²) in [6.45, 7) is 7.79. The second-order valence-electron chi connectivity index (χ2n) is 6.49. The number of likely N-dealkylation sites (tertiary alicyclic amines) is 1. The number of amides is 1. The van der Waals surface area contributed by atoms with Crippen LogP contribution in [0.5, 0.6) is 0 Å². The molecule has 2 saturated heterocycles. The van der Waals surface area contributed by atoms with Gasteiger partial charge in [-0.2, -0.15) is 0 Å². The average molecular weight is 287 g/mol. The normalized spacial score (nSPS) is 26.5. The molecule has 4 nitrogen and oxygen atoms in total. The van der Waals surface area contributed by atoms with E-state index in [0.29, 0.717) is 19.0 Å². The lowest BCUT2D eigenvalue weighted by Gasteiger charge is -2.18. The highest BCUT2D eigenvalue weighted by Crippen LogP contribution is 2.25. The van der Waals surface area contributed by atoms with E-state index in [0.717, 1.165) is 38.0 Å². The average Bonchev–Trinajstić information content (AvgIpc) is 3.07. The van der Waals surface area contributed by atoms with Crippen LogP contribution in [0, 0.1) is 11.8 Å². The Hall–Kier alpha value is -1.39. The molecule has 0 bridgehead atoms. The lowest BCUT2D eigenvalue weighted by atomic mass is 10.0. The van der Waals surface area contributed by atoms with Crippen LogP contribution in [0.3, 0.4) is 0 Å². The van der Waals surface area contributed by atoms with Crippen molar-refractivity contribution in [2.24, 2.45) is 11.8 Å². The first-order chi connectivity index (χ1) is 10.2. The summed E-state index contributed by atoms with van der Waals surface area (Å²) in [5.41, 5.74) is 1.28. The van der Waals surface area contributed by atoms with Crippen molar-refractivity contribution in [2.45, 2.75) is 12.8 Å². The van der Waals surface area contributed by atoms with Gasteiger partial charge in [-0.25, -0.2) is 0 Å². The zero-order valence-corrected chi connectivity index (χ0v) is 12.7. The van der Waals surface area contributed by atoms with Crippen molar-refractivity contribution in [3.8, 4) is 0 Å². The van der Waals surface area contributed by atoms with E-state index in [-0.39, 0.29) is 5.91 Å². The van der Waals surface area contributed by atoms with Crippen molar-refractivity contribution in [1.82, 2.24) is 15.5 Å². The first-order valence-corrected chi connectivity index (χ1v) is 7.97. The van der Waals surface area contributed by atoms with Crippen molar-refractivity contribution < 1.29 is 4.79 Å². The van der Waals surface area contributed by atoms with Gasteiger partial charge in [-0.05, 0) is 36.4 Å². The molecule has 2 fully saturated rings. The third-order valence-electron chi connectivity index (χ3n) is 4.81. The summed E-state index contributed by atoms with van der Waals surface area (Å²) < 4.78 is 0. The van der Waals surface area contributed by atoms with Gasteiger partial charge in [-0.3, -0.25) is 9.69 Å². The molecular formula is C17H25N3O. The van der Waals surface area contributed by atoms with Crippen LogP contribution in [0.1, 0.15) is 18.4 Å². The summed E-state index contributed by atoms with van der Waals surface area (Å²) in [5, 5.41) is 6.51. The van der Waals surface area contributed by atoms with Gasteiger partial charge in [0.05, 0.1) is 6.54 Å². The second-order valence-corrected chi connectivity index (χ2v) is 6.49. The SMILES string of the molecule is CC(CNC(=O)CN1CC2CNCC2C1)c1ccccc1. The van der Waals surface area contributed by atoms with Crippen molar-refractivity contribution in [3.05, 3.63) is 35.9 Å². The summed E-state index contributed by atoms with van der Waals surface area (Å²) in [5.74, 6) is 2.02. The molecule has 2 N–H and O–H groups in total. The number of benzene rings is 1. The standard InChI is InChI=1S/C17H25N3O/c1-13(14-5-3-2-4-6-14)7-19-17(21)12-20-10-15-8-18-9-16(15)11-20/h2-6,13,15-16,18H,7-12H2,1H3,(H,19,21). The summed E-state index contributed by atoms with van der Waals surface area (Å²) in [6.07, 6.45) is 0. The van der Waals surface area contributed by atoms with E-state index in [9.17, 15) is 4.79 Å². The minimum absolute atomic E-state index is 0.158. The van der Waals surface area contributed by atoms with E-state index in [2.05, 4.69) is 34.6 Å². The van der Waals surface area contributed by atoms with Crippen molar-refractivity contribution in [3.63, 3.8) is 0 Å². The van der Waals surface area contributed by atoms with E-state index in [1.807, 2.05) is 18.2 Å². The fourth-order valence-corrected chi connectivity index (χ4v) is 3.51. The largest absolute Gasteiger partial charge is 0.354 e. The predicted molar refractivity (Wildman–Crippen MR) is 84.2 cm³/mol. The number of nitrogens with one attached hydrogen (secondary N) is 2. The molecule has 1 aromatic carbocycles. The monoisotopic (exact) mass is 287 g/mol. The topological polar surface area (TPSA) is 44.4 Å². The molecule has 0 aromatic heterocycles. The maximum absolute atomic E-state index is 12.1. The Balaban J connectivity index is 1.41. The number of fused-ring (bicyclic) bond motifs is 1. The third kappa shape index (κ3) is 3.63. The highest BCUT2D eigenvalue weighted by molar-refractivity contribution is 5.78. The molecule has 21 heavy (non-hydrogen) atoms. The molecule has 0 saturated carbocycles. The fraction of sp³-hybridized carbons (Fsp3) is 0.588. The maximum Gasteiger partial charge on any atom is 0.234 e. The molecule has 3 rings (SSSR count). The molecule has 3 atom stereocenters. The summed E-state index contributed by atoms with van der Waals surface area (Å²) in [4.78, 5) is 14.4. The van der Waals surface area contributed by atoms with Crippen LogP contribution in [0.25, 0.3) is 0 Å².